The number of benzene rings is 1. The lowest BCUT2D eigenvalue weighted by Gasteiger charge is -2.21. The van der Waals surface area contributed by atoms with E-state index in [2.05, 4.69) is 15.6 Å². The molecule has 1 amide bonds. The lowest BCUT2D eigenvalue weighted by Crippen LogP contribution is -2.25. The van der Waals surface area contributed by atoms with E-state index in [1.165, 1.54) is 0 Å². The number of carbonyl (C=O) groups is 1. The summed E-state index contributed by atoms with van der Waals surface area (Å²) in [6.07, 6.45) is 0. The zero-order chi connectivity index (χ0) is 14.8. The third-order valence-corrected chi connectivity index (χ3v) is 3.43. The molecule has 3 rings (SSSR count). The second kappa shape index (κ2) is 5.61. The Morgan fingerprint density at radius 3 is 3.05 bits per heavy atom. The molecule has 0 radical (unpaired) electrons. The second-order valence-electron chi connectivity index (χ2n) is 4.80. The number of hydrogen-bond acceptors (Lipinski definition) is 4. The highest BCUT2D eigenvalue weighted by Gasteiger charge is 2.17. The number of amides is 1. The highest BCUT2D eigenvalue weighted by atomic mass is 35.5. The van der Waals surface area contributed by atoms with E-state index in [0.29, 0.717) is 22.4 Å². The van der Waals surface area contributed by atoms with Crippen molar-refractivity contribution in [1.82, 2.24) is 4.98 Å². The number of fused-ring (bicyclic) bond motifs is 1. The average Bonchev–Trinajstić information content (AvgIpc) is 2.46. The number of hydrogen-bond donors (Lipinski definition) is 2. The molecule has 108 valence electrons. The number of aromatic nitrogens is 1. The molecule has 0 saturated carbocycles. The molecule has 6 heteroatoms. The van der Waals surface area contributed by atoms with Crippen molar-refractivity contribution in [3.05, 3.63) is 47.1 Å². The fourth-order valence-electron chi connectivity index (χ4n) is 2.16. The SMILES string of the molecule is CC(Nc1cccc(Cl)n1)c1ccc2c(c1)NC(=O)CO2. The monoisotopic (exact) mass is 303 g/mol. The summed E-state index contributed by atoms with van der Waals surface area (Å²) in [5.74, 6) is 1.25. The first kappa shape index (κ1) is 13.7. The van der Waals surface area contributed by atoms with Crippen molar-refractivity contribution < 1.29 is 9.53 Å². The lowest BCUT2D eigenvalue weighted by molar-refractivity contribution is -0.118. The summed E-state index contributed by atoms with van der Waals surface area (Å²) >= 11 is 5.87. The van der Waals surface area contributed by atoms with Gasteiger partial charge in [0.1, 0.15) is 16.7 Å². The van der Waals surface area contributed by atoms with Gasteiger partial charge in [0.15, 0.2) is 6.61 Å². The van der Waals surface area contributed by atoms with Crippen LogP contribution in [0.25, 0.3) is 0 Å². The van der Waals surface area contributed by atoms with Crippen LogP contribution in [0.4, 0.5) is 11.5 Å². The second-order valence-corrected chi connectivity index (χ2v) is 5.19. The molecule has 2 heterocycles. The van der Waals surface area contributed by atoms with E-state index >= 15 is 0 Å². The maximum atomic E-state index is 11.4. The molecule has 0 spiro atoms. The van der Waals surface area contributed by atoms with Crippen molar-refractivity contribution in [2.24, 2.45) is 0 Å². The van der Waals surface area contributed by atoms with Gasteiger partial charge in [0.05, 0.1) is 11.7 Å². The van der Waals surface area contributed by atoms with E-state index in [9.17, 15) is 4.79 Å². The number of halogens is 1. The van der Waals surface area contributed by atoms with Crippen molar-refractivity contribution >= 4 is 29.0 Å². The Hall–Kier alpha value is -2.27. The Morgan fingerprint density at radius 1 is 1.38 bits per heavy atom. The van der Waals surface area contributed by atoms with E-state index in [4.69, 9.17) is 16.3 Å². The number of ether oxygens (including phenoxy) is 1. The number of rotatable bonds is 3. The third kappa shape index (κ3) is 3.08. The Kier molecular flexibility index (Phi) is 3.66. The minimum absolute atomic E-state index is 0.0140. The van der Waals surface area contributed by atoms with Crippen LogP contribution in [0.5, 0.6) is 5.75 Å². The molecule has 0 bridgehead atoms. The number of carbonyl (C=O) groups excluding carboxylic acids is 1. The topological polar surface area (TPSA) is 63.2 Å². The lowest BCUT2D eigenvalue weighted by atomic mass is 10.1. The molecule has 1 atom stereocenters. The largest absolute Gasteiger partial charge is 0.482 e. The highest BCUT2D eigenvalue weighted by molar-refractivity contribution is 6.29. The van der Waals surface area contributed by atoms with Crippen LogP contribution in [0.1, 0.15) is 18.5 Å². The van der Waals surface area contributed by atoms with Crippen LogP contribution in [-0.4, -0.2) is 17.5 Å². The van der Waals surface area contributed by atoms with Gasteiger partial charge in [-0.25, -0.2) is 4.98 Å². The molecule has 1 aliphatic rings. The van der Waals surface area contributed by atoms with Gasteiger partial charge in [-0.2, -0.15) is 0 Å². The highest BCUT2D eigenvalue weighted by Crippen LogP contribution is 2.31. The van der Waals surface area contributed by atoms with E-state index < -0.39 is 0 Å². The summed E-state index contributed by atoms with van der Waals surface area (Å²) in [6, 6.07) is 11.1. The molecule has 1 aliphatic heterocycles. The van der Waals surface area contributed by atoms with Gasteiger partial charge in [-0.05, 0) is 36.8 Å². The van der Waals surface area contributed by atoms with Crippen molar-refractivity contribution in [2.45, 2.75) is 13.0 Å². The minimum atomic E-state index is -0.142. The summed E-state index contributed by atoms with van der Waals surface area (Å²) in [5, 5.41) is 6.51. The summed E-state index contributed by atoms with van der Waals surface area (Å²) in [7, 11) is 0. The molecule has 21 heavy (non-hydrogen) atoms. The van der Waals surface area contributed by atoms with Crippen molar-refractivity contribution in [3.63, 3.8) is 0 Å². The maximum Gasteiger partial charge on any atom is 0.262 e. The first-order valence-corrected chi connectivity index (χ1v) is 6.95. The van der Waals surface area contributed by atoms with E-state index in [1.807, 2.05) is 37.3 Å². The number of nitrogens with zero attached hydrogens (tertiary/aromatic N) is 1. The molecule has 2 N–H and O–H groups in total. The molecule has 1 aromatic carbocycles. The zero-order valence-electron chi connectivity index (χ0n) is 11.4. The van der Waals surface area contributed by atoms with Crippen molar-refractivity contribution in [3.8, 4) is 5.75 Å². The molecule has 1 unspecified atom stereocenters. The van der Waals surface area contributed by atoms with Gasteiger partial charge in [0.25, 0.3) is 5.91 Å². The van der Waals surface area contributed by atoms with Crippen molar-refractivity contribution in [1.29, 1.82) is 0 Å². The predicted octanol–water partition coefficient (Wildman–Crippen LogP) is 3.24. The van der Waals surface area contributed by atoms with Crippen LogP contribution in [0.2, 0.25) is 5.15 Å². The van der Waals surface area contributed by atoms with Crippen LogP contribution in [-0.2, 0) is 4.79 Å². The molecule has 0 saturated heterocycles. The Balaban J connectivity index is 1.80. The van der Waals surface area contributed by atoms with E-state index in [-0.39, 0.29) is 18.6 Å². The third-order valence-electron chi connectivity index (χ3n) is 3.22. The van der Waals surface area contributed by atoms with Crippen LogP contribution in [0, 0.1) is 0 Å². The normalized spacial score (nSPS) is 14.7. The van der Waals surface area contributed by atoms with Gasteiger partial charge >= 0.3 is 0 Å². The summed E-state index contributed by atoms with van der Waals surface area (Å²) in [4.78, 5) is 15.6. The molecular formula is C15H14ClN3O2. The fraction of sp³-hybridized carbons (Fsp3) is 0.200. The number of anilines is 2. The first-order valence-electron chi connectivity index (χ1n) is 6.57. The standard InChI is InChI=1S/C15H14ClN3O2/c1-9(17-14-4-2-3-13(16)19-14)10-5-6-12-11(7-10)18-15(20)8-21-12/h2-7,9H,8H2,1H3,(H,17,19)(H,18,20). The van der Waals surface area contributed by atoms with Gasteiger partial charge in [0, 0.05) is 0 Å². The zero-order valence-corrected chi connectivity index (χ0v) is 12.1. The predicted molar refractivity (Wildman–Crippen MR) is 81.9 cm³/mol. The van der Waals surface area contributed by atoms with Gasteiger partial charge in [0.2, 0.25) is 0 Å². The van der Waals surface area contributed by atoms with E-state index in [0.717, 1.165) is 5.56 Å². The van der Waals surface area contributed by atoms with Crippen LogP contribution < -0.4 is 15.4 Å². The summed E-state index contributed by atoms with van der Waals surface area (Å²) < 4.78 is 5.34. The van der Waals surface area contributed by atoms with Gasteiger partial charge in [-0.15, -0.1) is 0 Å². The Bertz CT molecular complexity index is 690. The van der Waals surface area contributed by atoms with Crippen LogP contribution in [0.15, 0.2) is 36.4 Å². The summed E-state index contributed by atoms with van der Waals surface area (Å²) in [6.45, 7) is 2.07. The van der Waals surface area contributed by atoms with Crippen LogP contribution >= 0.6 is 11.6 Å². The molecule has 5 nitrogen and oxygen atoms in total. The molecular weight excluding hydrogens is 290 g/mol. The van der Waals surface area contributed by atoms with Crippen LogP contribution in [0.3, 0.4) is 0 Å². The Labute approximate surface area is 127 Å². The maximum absolute atomic E-state index is 11.4. The van der Waals surface area contributed by atoms with Gasteiger partial charge in [-0.1, -0.05) is 23.7 Å². The number of nitrogens with one attached hydrogen (secondary N) is 2. The van der Waals surface area contributed by atoms with E-state index in [1.54, 1.807) is 6.07 Å². The number of pyridine rings is 1. The Morgan fingerprint density at radius 2 is 2.24 bits per heavy atom. The fourth-order valence-corrected chi connectivity index (χ4v) is 2.33. The van der Waals surface area contributed by atoms with Gasteiger partial charge < -0.3 is 15.4 Å². The summed E-state index contributed by atoms with van der Waals surface area (Å²) in [5.41, 5.74) is 1.71. The van der Waals surface area contributed by atoms with Crippen molar-refractivity contribution in [2.75, 3.05) is 17.2 Å². The quantitative estimate of drug-likeness (QED) is 0.855. The molecule has 1 aromatic heterocycles. The van der Waals surface area contributed by atoms with Gasteiger partial charge in [-0.3, -0.25) is 4.79 Å². The molecule has 2 aromatic rings. The molecule has 0 fully saturated rings. The minimum Gasteiger partial charge on any atom is -0.482 e. The first-order chi connectivity index (χ1) is 10.1. The average molecular weight is 304 g/mol. The molecule has 0 aliphatic carbocycles. The smallest absolute Gasteiger partial charge is 0.262 e.